The van der Waals surface area contributed by atoms with E-state index in [9.17, 15) is 26.4 Å². The van der Waals surface area contributed by atoms with Crippen molar-refractivity contribution < 1.29 is 35.9 Å². The van der Waals surface area contributed by atoms with Crippen LogP contribution in [0.3, 0.4) is 0 Å². The van der Waals surface area contributed by atoms with Crippen LogP contribution in [0.2, 0.25) is 0 Å². The second kappa shape index (κ2) is 14.2. The molecule has 3 aromatic heterocycles. The van der Waals surface area contributed by atoms with Crippen molar-refractivity contribution in [1.82, 2.24) is 29.4 Å². The van der Waals surface area contributed by atoms with Crippen molar-refractivity contribution >= 4 is 38.5 Å². The summed E-state index contributed by atoms with van der Waals surface area (Å²) in [6.45, 7) is 11.7. The standard InChI is InChI=1S/C37H43F3N8O5S/c1-21(22-8-11-25(38)12-9-22)52-29-16-23(10-13-28(29)45-54(50,51)34(39)40)31-30-32(46(7)44-31)27(19-42-33(30)41)24-18-43-48(20-24)26-14-15-47(37(5,6)17-26)35(49)53-36(2,3)4/h8-13,16,18-21,26,34,45H,14-15,17H2,1-7H3,(H2,41,42)/t21-,26?/m0/s1. The van der Waals surface area contributed by atoms with E-state index in [0.717, 1.165) is 5.56 Å². The van der Waals surface area contributed by atoms with Crippen LogP contribution in [0.4, 0.5) is 29.5 Å². The van der Waals surface area contributed by atoms with E-state index in [4.69, 9.17) is 25.4 Å². The van der Waals surface area contributed by atoms with Crippen molar-refractivity contribution in [1.29, 1.82) is 0 Å². The van der Waals surface area contributed by atoms with E-state index in [0.29, 0.717) is 52.7 Å². The van der Waals surface area contributed by atoms with Crippen molar-refractivity contribution in [2.24, 2.45) is 7.05 Å². The third-order valence-corrected chi connectivity index (χ3v) is 10.3. The molecule has 0 spiro atoms. The summed E-state index contributed by atoms with van der Waals surface area (Å²) in [6, 6.07) is 9.79. The van der Waals surface area contributed by atoms with Crippen molar-refractivity contribution in [3.05, 3.63) is 72.4 Å². The van der Waals surface area contributed by atoms with Gasteiger partial charge in [0.25, 0.3) is 10.0 Å². The van der Waals surface area contributed by atoms with Gasteiger partial charge in [0.2, 0.25) is 0 Å². The quantitative estimate of drug-likeness (QED) is 0.153. The molecule has 1 amide bonds. The van der Waals surface area contributed by atoms with Crippen LogP contribution in [0.5, 0.6) is 5.75 Å². The summed E-state index contributed by atoms with van der Waals surface area (Å²) in [6.07, 6.45) is 5.53. The number of alkyl halides is 2. The number of nitrogen functional groups attached to an aromatic ring is 1. The third-order valence-electron chi connectivity index (χ3n) is 9.33. The number of pyridine rings is 1. The second-order valence-electron chi connectivity index (χ2n) is 15.0. The number of nitrogens with two attached hydrogens (primary N) is 1. The van der Waals surface area contributed by atoms with Gasteiger partial charge in [0, 0.05) is 48.2 Å². The third kappa shape index (κ3) is 7.81. The molecule has 288 valence electrons. The van der Waals surface area contributed by atoms with Gasteiger partial charge in [-0.3, -0.25) is 14.1 Å². The first-order chi connectivity index (χ1) is 25.2. The Kier molecular flexibility index (Phi) is 10.1. The molecule has 1 aliphatic heterocycles. The molecule has 2 atom stereocenters. The van der Waals surface area contributed by atoms with E-state index in [1.165, 1.54) is 42.5 Å². The Hall–Kier alpha value is -5.32. The SMILES string of the molecule is C[C@H](Oc1cc(-c2nn(C)c3c(-c4cnn(C5CCN(C(=O)OC(C)(C)C)C(C)(C)C5)c4)cnc(N)c23)ccc1NS(=O)(=O)C(F)F)c1ccc(F)cc1. The summed E-state index contributed by atoms with van der Waals surface area (Å²) in [7, 11) is -3.31. The van der Waals surface area contributed by atoms with E-state index >= 15 is 0 Å². The summed E-state index contributed by atoms with van der Waals surface area (Å²) in [5.41, 5.74) is 8.61. The number of carbonyl (C=O) groups excluding carboxylic acids is 1. The monoisotopic (exact) mass is 768 g/mol. The van der Waals surface area contributed by atoms with E-state index in [1.54, 1.807) is 35.9 Å². The molecular weight excluding hydrogens is 726 g/mol. The number of carbonyl (C=O) groups is 1. The van der Waals surface area contributed by atoms with Crippen LogP contribution in [0.25, 0.3) is 33.3 Å². The van der Waals surface area contributed by atoms with Gasteiger partial charge in [-0.05, 0) is 84.2 Å². The molecule has 0 bridgehead atoms. The van der Waals surface area contributed by atoms with Crippen LogP contribution < -0.4 is 15.2 Å². The fraction of sp³-hybridized carbons (Fsp3) is 0.405. The predicted octanol–water partition coefficient (Wildman–Crippen LogP) is 7.68. The summed E-state index contributed by atoms with van der Waals surface area (Å²) in [4.78, 5) is 19.2. The first kappa shape index (κ1) is 38.4. The number of sulfonamides is 1. The fourth-order valence-electron chi connectivity index (χ4n) is 6.72. The average molecular weight is 769 g/mol. The van der Waals surface area contributed by atoms with Crippen molar-refractivity contribution in [3.8, 4) is 28.1 Å². The highest BCUT2D eigenvalue weighted by atomic mass is 32.2. The molecule has 1 fully saturated rings. The molecule has 0 aliphatic carbocycles. The Morgan fingerprint density at radius 1 is 1.09 bits per heavy atom. The second-order valence-corrected chi connectivity index (χ2v) is 16.6. The van der Waals surface area contributed by atoms with Gasteiger partial charge in [-0.1, -0.05) is 18.2 Å². The Morgan fingerprint density at radius 2 is 1.80 bits per heavy atom. The van der Waals surface area contributed by atoms with Crippen LogP contribution in [-0.4, -0.2) is 67.4 Å². The number of amides is 1. The number of fused-ring (bicyclic) bond motifs is 1. The molecular formula is C37H43F3N8O5S. The van der Waals surface area contributed by atoms with Crippen LogP contribution in [-0.2, 0) is 21.8 Å². The van der Waals surface area contributed by atoms with Crippen LogP contribution in [0.1, 0.15) is 72.1 Å². The summed E-state index contributed by atoms with van der Waals surface area (Å²) < 4.78 is 82.0. The topological polar surface area (TPSA) is 159 Å². The van der Waals surface area contributed by atoms with E-state index in [1.807, 2.05) is 50.2 Å². The van der Waals surface area contributed by atoms with Crippen molar-refractivity contribution in [2.45, 2.75) is 83.4 Å². The number of hydrogen-bond acceptors (Lipinski definition) is 9. The number of aryl methyl sites for hydroxylation is 1. The Bertz CT molecular complexity index is 2300. The smallest absolute Gasteiger partial charge is 0.410 e. The highest BCUT2D eigenvalue weighted by Gasteiger charge is 2.40. The Morgan fingerprint density at radius 3 is 2.44 bits per heavy atom. The normalized spacial score (nSPS) is 16.8. The lowest BCUT2D eigenvalue weighted by molar-refractivity contribution is -0.0143. The molecule has 4 heterocycles. The first-order valence-corrected chi connectivity index (χ1v) is 18.8. The molecule has 1 saturated heterocycles. The lowest BCUT2D eigenvalue weighted by atomic mass is 9.87. The van der Waals surface area contributed by atoms with Crippen LogP contribution >= 0.6 is 0 Å². The molecule has 0 radical (unpaired) electrons. The molecule has 5 aromatic rings. The zero-order chi connectivity index (χ0) is 39.3. The number of likely N-dealkylation sites (tertiary alicyclic amines) is 1. The lowest BCUT2D eigenvalue weighted by Gasteiger charge is -2.45. The summed E-state index contributed by atoms with van der Waals surface area (Å²) >= 11 is 0. The number of piperidine rings is 1. The average Bonchev–Trinajstić information content (AvgIpc) is 3.70. The predicted molar refractivity (Wildman–Crippen MR) is 199 cm³/mol. The summed E-state index contributed by atoms with van der Waals surface area (Å²) in [5.74, 6) is -4.05. The van der Waals surface area contributed by atoms with E-state index < -0.39 is 38.8 Å². The minimum atomic E-state index is -5.05. The maximum Gasteiger partial charge on any atom is 0.410 e. The summed E-state index contributed by atoms with van der Waals surface area (Å²) in [5, 5.41) is 9.95. The number of rotatable bonds is 9. The number of nitrogens with zero attached hydrogens (tertiary/aromatic N) is 6. The Labute approximate surface area is 311 Å². The zero-order valence-electron chi connectivity index (χ0n) is 31.0. The van der Waals surface area contributed by atoms with Gasteiger partial charge in [-0.15, -0.1) is 0 Å². The van der Waals surface area contributed by atoms with Gasteiger partial charge in [0.15, 0.2) is 0 Å². The Balaban J connectivity index is 1.34. The number of ether oxygens (including phenoxy) is 2. The molecule has 1 aliphatic rings. The maximum absolute atomic E-state index is 13.6. The highest BCUT2D eigenvalue weighted by Crippen LogP contribution is 2.41. The molecule has 6 rings (SSSR count). The molecule has 2 aromatic carbocycles. The molecule has 3 N–H and O–H groups in total. The number of nitrogens with one attached hydrogen (secondary N) is 1. The fourth-order valence-corrected chi connectivity index (χ4v) is 7.28. The highest BCUT2D eigenvalue weighted by molar-refractivity contribution is 7.93. The zero-order valence-corrected chi connectivity index (χ0v) is 31.8. The van der Waals surface area contributed by atoms with Gasteiger partial charge in [0.1, 0.15) is 34.8 Å². The molecule has 0 saturated carbocycles. The van der Waals surface area contributed by atoms with Gasteiger partial charge in [-0.2, -0.15) is 19.0 Å². The molecule has 17 heteroatoms. The number of halogens is 3. The van der Waals surface area contributed by atoms with Gasteiger partial charge in [-0.25, -0.2) is 22.6 Å². The van der Waals surface area contributed by atoms with Gasteiger partial charge in [0.05, 0.1) is 28.8 Å². The maximum atomic E-state index is 13.6. The number of hydrogen-bond donors (Lipinski definition) is 2. The molecule has 13 nitrogen and oxygen atoms in total. The van der Waals surface area contributed by atoms with E-state index in [2.05, 4.69) is 4.98 Å². The van der Waals surface area contributed by atoms with Crippen LogP contribution in [0.15, 0.2) is 61.1 Å². The van der Waals surface area contributed by atoms with E-state index in [-0.39, 0.29) is 29.4 Å². The number of aromatic nitrogens is 5. The largest absolute Gasteiger partial charge is 0.484 e. The molecule has 54 heavy (non-hydrogen) atoms. The minimum Gasteiger partial charge on any atom is -0.484 e. The van der Waals surface area contributed by atoms with Gasteiger partial charge >= 0.3 is 11.9 Å². The number of benzene rings is 2. The lowest BCUT2D eigenvalue weighted by Crippen LogP contribution is -2.54. The molecule has 1 unspecified atom stereocenters. The number of anilines is 2. The van der Waals surface area contributed by atoms with Crippen molar-refractivity contribution in [2.75, 3.05) is 17.0 Å². The first-order valence-electron chi connectivity index (χ1n) is 17.3. The minimum absolute atomic E-state index is 0.00324. The van der Waals surface area contributed by atoms with Gasteiger partial charge < -0.3 is 20.1 Å². The van der Waals surface area contributed by atoms with Crippen LogP contribution in [0, 0.1) is 5.82 Å². The van der Waals surface area contributed by atoms with Crippen molar-refractivity contribution in [3.63, 3.8) is 0 Å².